The Hall–Kier alpha value is -0.590. The Morgan fingerprint density at radius 2 is 2.29 bits per heavy atom. The summed E-state index contributed by atoms with van der Waals surface area (Å²) in [6.45, 7) is 6.31. The predicted molar refractivity (Wildman–Crippen MR) is 60.2 cm³/mol. The van der Waals surface area contributed by atoms with Gasteiger partial charge in [-0.15, -0.1) is 0 Å². The second-order valence-electron chi connectivity index (χ2n) is 5.23. The number of carbonyl (C=O) groups is 1. The number of carbonyl (C=O) groups excluding carboxylic acids is 1. The van der Waals surface area contributed by atoms with Gasteiger partial charge in [-0.25, -0.2) is 0 Å². The maximum atomic E-state index is 10.8. The van der Waals surface area contributed by atoms with Crippen LogP contribution in [0, 0.1) is 11.3 Å². The van der Waals surface area contributed by atoms with Crippen molar-refractivity contribution in [1.29, 1.82) is 0 Å². The Morgan fingerprint density at radius 3 is 2.86 bits per heavy atom. The van der Waals surface area contributed by atoms with Gasteiger partial charge in [-0.2, -0.15) is 0 Å². The van der Waals surface area contributed by atoms with Crippen molar-refractivity contribution in [2.75, 3.05) is 0 Å². The van der Waals surface area contributed by atoms with Crippen LogP contribution >= 0.6 is 0 Å². The summed E-state index contributed by atoms with van der Waals surface area (Å²) in [5.41, 5.74) is 0.448. The van der Waals surface area contributed by atoms with E-state index in [4.69, 9.17) is 0 Å². The average Bonchev–Trinajstić information content (AvgIpc) is 2.01. The molecule has 0 bridgehead atoms. The second-order valence-corrected chi connectivity index (χ2v) is 5.23. The Bertz CT molecular complexity index is 229. The minimum Gasteiger partial charge on any atom is -0.295 e. The summed E-state index contributed by atoms with van der Waals surface area (Å²) >= 11 is 0. The zero-order valence-electron chi connectivity index (χ0n) is 9.68. The van der Waals surface area contributed by atoms with E-state index < -0.39 is 0 Å². The van der Waals surface area contributed by atoms with Gasteiger partial charge in [-0.3, -0.25) is 4.79 Å². The zero-order valence-corrected chi connectivity index (χ0v) is 9.68. The molecule has 0 amide bonds. The van der Waals surface area contributed by atoms with Gasteiger partial charge in [-0.1, -0.05) is 32.8 Å². The zero-order chi connectivity index (χ0) is 10.6. The van der Waals surface area contributed by atoms with Gasteiger partial charge in [0.25, 0.3) is 0 Å². The molecule has 1 heteroatoms. The lowest BCUT2D eigenvalue weighted by molar-refractivity contribution is -0.112. The Labute approximate surface area is 87.6 Å². The molecule has 0 aromatic carbocycles. The van der Waals surface area contributed by atoms with Crippen LogP contribution in [0.2, 0.25) is 0 Å². The molecule has 2 atom stereocenters. The van der Waals surface area contributed by atoms with Crippen LogP contribution in [-0.2, 0) is 4.79 Å². The van der Waals surface area contributed by atoms with Crippen LogP contribution in [0.1, 0.15) is 52.9 Å². The van der Waals surface area contributed by atoms with E-state index in [0.29, 0.717) is 5.41 Å². The van der Waals surface area contributed by atoms with Crippen LogP contribution in [0.15, 0.2) is 12.2 Å². The topological polar surface area (TPSA) is 17.1 Å². The molecule has 14 heavy (non-hydrogen) atoms. The summed E-state index contributed by atoms with van der Waals surface area (Å²) in [4.78, 5) is 10.8. The van der Waals surface area contributed by atoms with Gasteiger partial charge in [0.05, 0.1) is 0 Å². The lowest BCUT2D eigenvalue weighted by Gasteiger charge is -2.36. The van der Waals surface area contributed by atoms with Crippen molar-refractivity contribution in [3.63, 3.8) is 0 Å². The fourth-order valence-electron chi connectivity index (χ4n) is 2.62. The van der Waals surface area contributed by atoms with Crippen LogP contribution in [-0.4, -0.2) is 5.78 Å². The molecule has 0 N–H and O–H groups in total. The quantitative estimate of drug-likeness (QED) is 0.625. The van der Waals surface area contributed by atoms with Crippen LogP contribution < -0.4 is 0 Å². The molecule has 0 saturated heterocycles. The summed E-state index contributed by atoms with van der Waals surface area (Å²) in [5.74, 6) is 1.02. The van der Waals surface area contributed by atoms with E-state index in [9.17, 15) is 4.79 Å². The van der Waals surface area contributed by atoms with E-state index in [1.54, 1.807) is 13.0 Å². The summed E-state index contributed by atoms with van der Waals surface area (Å²) in [6.07, 6.45) is 10.2. The second kappa shape index (κ2) is 4.77. The lowest BCUT2D eigenvalue weighted by Crippen LogP contribution is -2.23. The molecule has 1 saturated carbocycles. The maximum Gasteiger partial charge on any atom is 0.152 e. The summed E-state index contributed by atoms with van der Waals surface area (Å²) in [5, 5.41) is 0. The largest absolute Gasteiger partial charge is 0.295 e. The Morgan fingerprint density at radius 1 is 1.57 bits per heavy atom. The first kappa shape index (κ1) is 11.5. The van der Waals surface area contributed by atoms with E-state index in [-0.39, 0.29) is 5.78 Å². The molecule has 2 unspecified atom stereocenters. The Balaban J connectivity index is 2.44. The van der Waals surface area contributed by atoms with Crippen molar-refractivity contribution in [2.45, 2.75) is 52.9 Å². The molecule has 0 aliphatic heterocycles. The first-order chi connectivity index (χ1) is 6.52. The fraction of sp³-hybridized carbons (Fsp3) is 0.769. The van der Waals surface area contributed by atoms with Gasteiger partial charge < -0.3 is 0 Å². The van der Waals surface area contributed by atoms with Gasteiger partial charge in [-0.05, 0) is 43.6 Å². The summed E-state index contributed by atoms with van der Waals surface area (Å²) in [6, 6.07) is 0. The van der Waals surface area contributed by atoms with Crippen molar-refractivity contribution in [1.82, 2.24) is 0 Å². The summed E-state index contributed by atoms with van der Waals surface area (Å²) in [7, 11) is 0. The summed E-state index contributed by atoms with van der Waals surface area (Å²) < 4.78 is 0. The smallest absolute Gasteiger partial charge is 0.152 e. The highest BCUT2D eigenvalue weighted by molar-refractivity contribution is 5.87. The number of hydrogen-bond donors (Lipinski definition) is 0. The van der Waals surface area contributed by atoms with E-state index in [1.807, 2.05) is 0 Å². The first-order valence-electron chi connectivity index (χ1n) is 5.69. The van der Waals surface area contributed by atoms with Crippen LogP contribution in [0.5, 0.6) is 0 Å². The van der Waals surface area contributed by atoms with Gasteiger partial charge >= 0.3 is 0 Å². The van der Waals surface area contributed by atoms with E-state index >= 15 is 0 Å². The lowest BCUT2D eigenvalue weighted by atomic mass is 9.69. The minimum absolute atomic E-state index is 0.164. The third-order valence-electron chi connectivity index (χ3n) is 3.28. The van der Waals surface area contributed by atoms with Crippen LogP contribution in [0.25, 0.3) is 0 Å². The number of allylic oxidation sites excluding steroid dienone is 2. The highest BCUT2D eigenvalue weighted by atomic mass is 16.1. The van der Waals surface area contributed by atoms with Gasteiger partial charge in [0.2, 0.25) is 0 Å². The molecule has 0 aromatic heterocycles. The normalized spacial score (nSPS) is 33.5. The highest BCUT2D eigenvalue weighted by Gasteiger charge is 2.28. The van der Waals surface area contributed by atoms with Crippen molar-refractivity contribution in [2.24, 2.45) is 11.3 Å². The molecule has 0 aromatic rings. The molecule has 1 aliphatic carbocycles. The predicted octanol–water partition coefficient (Wildman–Crippen LogP) is 3.74. The molecule has 1 nitrogen and oxygen atoms in total. The fourth-order valence-corrected chi connectivity index (χ4v) is 2.62. The van der Waals surface area contributed by atoms with E-state index in [2.05, 4.69) is 19.9 Å². The molecule has 0 radical (unpaired) electrons. The SMILES string of the molecule is CC(=O)/C=C/CC1(C)CCCC(C)C1. The molecular formula is C13H22O. The molecule has 1 aliphatic rings. The highest BCUT2D eigenvalue weighted by Crippen LogP contribution is 2.41. The van der Waals surface area contributed by atoms with Crippen LogP contribution in [0.3, 0.4) is 0 Å². The Kier molecular flexibility index (Phi) is 3.91. The van der Waals surface area contributed by atoms with Gasteiger partial charge in [0, 0.05) is 0 Å². The van der Waals surface area contributed by atoms with Crippen molar-refractivity contribution in [3.8, 4) is 0 Å². The maximum absolute atomic E-state index is 10.8. The average molecular weight is 194 g/mol. The van der Waals surface area contributed by atoms with Crippen molar-refractivity contribution in [3.05, 3.63) is 12.2 Å². The molecule has 1 fully saturated rings. The van der Waals surface area contributed by atoms with Crippen LogP contribution in [0.4, 0.5) is 0 Å². The number of hydrogen-bond acceptors (Lipinski definition) is 1. The molecule has 80 valence electrons. The molecular weight excluding hydrogens is 172 g/mol. The molecule has 0 spiro atoms. The standard InChI is InChI=1S/C13H22O/c1-11-6-4-8-13(3,10-11)9-5-7-12(2)14/h5,7,11H,4,6,8-10H2,1-3H3/b7-5+. The van der Waals surface area contributed by atoms with Gasteiger partial charge in [0.15, 0.2) is 5.78 Å². The number of ketones is 1. The molecule has 1 rings (SSSR count). The first-order valence-corrected chi connectivity index (χ1v) is 5.69. The minimum atomic E-state index is 0.164. The van der Waals surface area contributed by atoms with E-state index in [1.165, 1.54) is 25.7 Å². The third-order valence-corrected chi connectivity index (χ3v) is 3.28. The number of rotatable bonds is 3. The van der Waals surface area contributed by atoms with Gasteiger partial charge in [0.1, 0.15) is 0 Å². The monoisotopic (exact) mass is 194 g/mol. The van der Waals surface area contributed by atoms with Crippen molar-refractivity contribution < 1.29 is 4.79 Å². The molecule has 0 heterocycles. The third kappa shape index (κ3) is 3.65. The van der Waals surface area contributed by atoms with Crippen molar-refractivity contribution >= 4 is 5.78 Å². The van der Waals surface area contributed by atoms with E-state index in [0.717, 1.165) is 12.3 Å².